The summed E-state index contributed by atoms with van der Waals surface area (Å²) in [6, 6.07) is 11.7. The summed E-state index contributed by atoms with van der Waals surface area (Å²) in [5.41, 5.74) is 3.20. The predicted molar refractivity (Wildman–Crippen MR) is 93.8 cm³/mol. The summed E-state index contributed by atoms with van der Waals surface area (Å²) in [5.74, 6) is 1.41. The normalized spacial score (nSPS) is 13.5. The molecule has 0 spiro atoms. The fourth-order valence-electron chi connectivity index (χ4n) is 2.84. The fourth-order valence-corrected chi connectivity index (χ4v) is 2.84. The van der Waals surface area contributed by atoms with Crippen molar-refractivity contribution in [2.45, 2.75) is 33.2 Å². The highest BCUT2D eigenvalue weighted by atomic mass is 16.6. The summed E-state index contributed by atoms with van der Waals surface area (Å²) in [4.78, 5) is 12.7. The lowest BCUT2D eigenvalue weighted by Crippen LogP contribution is -2.41. The highest BCUT2D eigenvalue weighted by molar-refractivity contribution is 5.96. The molecular weight excluding hydrogens is 302 g/mol. The summed E-state index contributed by atoms with van der Waals surface area (Å²) in [6.45, 7) is 9.03. The minimum atomic E-state index is -0.525. The maximum absolute atomic E-state index is 12.7. The summed E-state index contributed by atoms with van der Waals surface area (Å²) < 4.78 is 11.2. The smallest absolute Gasteiger partial charge is 0.252 e. The monoisotopic (exact) mass is 325 g/mol. The summed E-state index contributed by atoms with van der Waals surface area (Å²) in [6.07, 6.45) is 0. The maximum Gasteiger partial charge on any atom is 0.252 e. The molecule has 1 heterocycles. The van der Waals surface area contributed by atoms with Gasteiger partial charge in [-0.1, -0.05) is 23.8 Å². The van der Waals surface area contributed by atoms with E-state index in [1.54, 1.807) is 0 Å². The number of benzene rings is 2. The van der Waals surface area contributed by atoms with Crippen LogP contribution in [0.4, 0.5) is 0 Å². The molecule has 4 nitrogen and oxygen atoms in total. The lowest BCUT2D eigenvalue weighted by Gasteiger charge is -2.29. The number of ether oxygens (including phenoxy) is 2. The molecule has 0 saturated heterocycles. The quantitative estimate of drug-likeness (QED) is 0.935. The number of fused-ring (bicyclic) bond motifs is 1. The number of aryl methyl sites for hydroxylation is 2. The van der Waals surface area contributed by atoms with E-state index in [0.717, 1.165) is 28.2 Å². The Balaban J connectivity index is 1.85. The van der Waals surface area contributed by atoms with Gasteiger partial charge in [-0.15, -0.1) is 0 Å². The van der Waals surface area contributed by atoms with Crippen molar-refractivity contribution >= 4 is 5.91 Å². The van der Waals surface area contributed by atoms with Gasteiger partial charge in [-0.25, -0.2) is 0 Å². The van der Waals surface area contributed by atoms with Crippen LogP contribution in [-0.2, 0) is 5.54 Å². The van der Waals surface area contributed by atoms with Gasteiger partial charge in [0.25, 0.3) is 5.91 Å². The van der Waals surface area contributed by atoms with Crippen molar-refractivity contribution in [2.24, 2.45) is 0 Å². The first-order valence-corrected chi connectivity index (χ1v) is 8.17. The van der Waals surface area contributed by atoms with E-state index in [4.69, 9.17) is 9.47 Å². The van der Waals surface area contributed by atoms with Gasteiger partial charge in [-0.05, 0) is 57.0 Å². The maximum atomic E-state index is 12.7. The number of hydrogen-bond acceptors (Lipinski definition) is 3. The molecule has 2 aromatic carbocycles. The molecule has 0 unspecified atom stereocenters. The Morgan fingerprint density at radius 3 is 2.46 bits per heavy atom. The minimum absolute atomic E-state index is 0.0731. The topological polar surface area (TPSA) is 47.6 Å². The number of rotatable bonds is 3. The number of carbonyl (C=O) groups is 1. The van der Waals surface area contributed by atoms with Crippen molar-refractivity contribution in [2.75, 3.05) is 13.2 Å². The summed E-state index contributed by atoms with van der Waals surface area (Å²) in [7, 11) is 0. The largest absolute Gasteiger partial charge is 0.486 e. The second kappa shape index (κ2) is 6.19. The van der Waals surface area contributed by atoms with Crippen LogP contribution < -0.4 is 14.8 Å². The first-order chi connectivity index (χ1) is 11.4. The molecule has 0 atom stereocenters. The average molecular weight is 325 g/mol. The third kappa shape index (κ3) is 3.23. The Morgan fingerprint density at radius 2 is 1.71 bits per heavy atom. The van der Waals surface area contributed by atoms with Crippen LogP contribution in [0, 0.1) is 13.8 Å². The van der Waals surface area contributed by atoms with Crippen LogP contribution in [0.3, 0.4) is 0 Å². The summed E-state index contributed by atoms with van der Waals surface area (Å²) >= 11 is 0. The highest BCUT2D eigenvalue weighted by Gasteiger charge is 2.26. The SMILES string of the molecule is Cc1ccc(C)c(C(=O)NC(C)(C)c2ccc3c(c2)OCCO3)c1. The second-order valence-electron chi connectivity index (χ2n) is 6.76. The Bertz CT molecular complexity index is 780. The van der Waals surface area contributed by atoms with Gasteiger partial charge in [0, 0.05) is 5.56 Å². The molecule has 1 amide bonds. The lowest BCUT2D eigenvalue weighted by atomic mass is 9.92. The van der Waals surface area contributed by atoms with E-state index in [1.807, 2.05) is 64.1 Å². The van der Waals surface area contributed by atoms with Gasteiger partial charge >= 0.3 is 0 Å². The van der Waals surface area contributed by atoms with Gasteiger partial charge in [0.05, 0.1) is 5.54 Å². The molecule has 2 aromatic rings. The number of nitrogens with one attached hydrogen (secondary N) is 1. The van der Waals surface area contributed by atoms with E-state index in [0.29, 0.717) is 18.8 Å². The molecule has 0 fully saturated rings. The standard InChI is InChI=1S/C20H23NO3/c1-13-5-6-14(2)16(11-13)19(22)21-20(3,4)15-7-8-17-18(12-15)24-10-9-23-17/h5-8,11-12H,9-10H2,1-4H3,(H,21,22). The molecule has 0 saturated carbocycles. The van der Waals surface area contributed by atoms with Crippen molar-refractivity contribution in [3.8, 4) is 11.5 Å². The molecule has 1 aliphatic heterocycles. The lowest BCUT2D eigenvalue weighted by molar-refractivity contribution is 0.0911. The van der Waals surface area contributed by atoms with Gasteiger partial charge in [-0.3, -0.25) is 4.79 Å². The predicted octanol–water partition coefficient (Wildman–Crippen LogP) is 3.74. The van der Waals surface area contributed by atoms with Crippen molar-refractivity contribution in [1.29, 1.82) is 0 Å². The van der Waals surface area contributed by atoms with Crippen LogP contribution in [0.2, 0.25) is 0 Å². The van der Waals surface area contributed by atoms with E-state index < -0.39 is 5.54 Å². The zero-order chi connectivity index (χ0) is 17.3. The Morgan fingerprint density at radius 1 is 1.00 bits per heavy atom. The molecule has 0 bridgehead atoms. The molecule has 24 heavy (non-hydrogen) atoms. The van der Waals surface area contributed by atoms with E-state index in [-0.39, 0.29) is 5.91 Å². The van der Waals surface area contributed by atoms with Gasteiger partial charge in [0.2, 0.25) is 0 Å². The molecule has 1 N–H and O–H groups in total. The third-order valence-electron chi connectivity index (χ3n) is 4.33. The molecule has 3 rings (SSSR count). The van der Waals surface area contributed by atoms with Gasteiger partial charge in [-0.2, -0.15) is 0 Å². The van der Waals surface area contributed by atoms with Crippen LogP contribution in [0.15, 0.2) is 36.4 Å². The van der Waals surface area contributed by atoms with Crippen LogP contribution in [-0.4, -0.2) is 19.1 Å². The highest BCUT2D eigenvalue weighted by Crippen LogP contribution is 2.34. The van der Waals surface area contributed by atoms with Gasteiger partial charge < -0.3 is 14.8 Å². The van der Waals surface area contributed by atoms with Crippen LogP contribution >= 0.6 is 0 Å². The van der Waals surface area contributed by atoms with Crippen LogP contribution in [0.5, 0.6) is 11.5 Å². The Labute approximate surface area is 142 Å². The zero-order valence-electron chi connectivity index (χ0n) is 14.6. The molecule has 0 aromatic heterocycles. The molecule has 126 valence electrons. The van der Waals surface area contributed by atoms with E-state index in [1.165, 1.54) is 0 Å². The third-order valence-corrected chi connectivity index (χ3v) is 4.33. The zero-order valence-corrected chi connectivity index (χ0v) is 14.6. The minimum Gasteiger partial charge on any atom is -0.486 e. The first-order valence-electron chi connectivity index (χ1n) is 8.17. The Kier molecular flexibility index (Phi) is 4.22. The summed E-state index contributed by atoms with van der Waals surface area (Å²) in [5, 5.41) is 3.13. The van der Waals surface area contributed by atoms with E-state index in [9.17, 15) is 4.79 Å². The first kappa shape index (κ1) is 16.4. The molecule has 1 aliphatic rings. The van der Waals surface area contributed by atoms with Crippen molar-refractivity contribution in [1.82, 2.24) is 5.32 Å². The van der Waals surface area contributed by atoms with Crippen molar-refractivity contribution < 1.29 is 14.3 Å². The van der Waals surface area contributed by atoms with Crippen molar-refractivity contribution in [3.63, 3.8) is 0 Å². The van der Waals surface area contributed by atoms with Crippen LogP contribution in [0.25, 0.3) is 0 Å². The van der Waals surface area contributed by atoms with Crippen molar-refractivity contribution in [3.05, 3.63) is 58.7 Å². The van der Waals surface area contributed by atoms with Gasteiger partial charge in [0.15, 0.2) is 11.5 Å². The van der Waals surface area contributed by atoms with Gasteiger partial charge in [0.1, 0.15) is 13.2 Å². The second-order valence-corrected chi connectivity index (χ2v) is 6.76. The Hall–Kier alpha value is -2.49. The van der Waals surface area contributed by atoms with E-state index in [2.05, 4.69) is 5.32 Å². The number of carbonyl (C=O) groups excluding carboxylic acids is 1. The van der Waals surface area contributed by atoms with Crippen LogP contribution in [0.1, 0.15) is 40.9 Å². The average Bonchev–Trinajstić information content (AvgIpc) is 2.56. The molecular formula is C20H23NO3. The fraction of sp³-hybridized carbons (Fsp3) is 0.350. The molecule has 4 heteroatoms. The molecule has 0 aliphatic carbocycles. The molecule has 0 radical (unpaired) electrons. The number of hydrogen-bond donors (Lipinski definition) is 1. The van der Waals surface area contributed by atoms with E-state index >= 15 is 0 Å². The number of amides is 1.